The maximum Gasteiger partial charge on any atom is 0.256 e. The summed E-state index contributed by atoms with van der Waals surface area (Å²) in [5.74, 6) is -0.332. The fraction of sp³-hybridized carbons (Fsp3) is 0.250. The van der Waals surface area contributed by atoms with E-state index in [2.05, 4.69) is 5.32 Å². The molecule has 0 spiro atoms. The first-order valence-electron chi connectivity index (χ1n) is 3.55. The van der Waals surface area contributed by atoms with E-state index in [1.165, 1.54) is 0 Å². The van der Waals surface area contributed by atoms with Crippen LogP contribution in [0.1, 0.15) is 10.4 Å². The van der Waals surface area contributed by atoms with Crippen molar-refractivity contribution in [1.82, 2.24) is 5.32 Å². The van der Waals surface area contributed by atoms with Crippen LogP contribution in [-0.2, 0) is 7.05 Å². The molecule has 4 nitrogen and oxygen atoms in total. The number of nitrogens with zero attached hydrogens (tertiary/aromatic N) is 1. The van der Waals surface area contributed by atoms with Gasteiger partial charge in [0.25, 0.3) is 5.91 Å². The number of amides is 1. The van der Waals surface area contributed by atoms with Crippen LogP contribution in [0.3, 0.4) is 0 Å². The highest BCUT2D eigenvalue weighted by atomic mass is 16.3. The maximum atomic E-state index is 11.1. The summed E-state index contributed by atoms with van der Waals surface area (Å²) in [7, 11) is 1.81. The summed E-state index contributed by atoms with van der Waals surface area (Å²) < 4.78 is 1.75. The van der Waals surface area contributed by atoms with Crippen molar-refractivity contribution in [2.75, 3.05) is 6.73 Å². The second-order valence-corrected chi connectivity index (χ2v) is 2.41. The van der Waals surface area contributed by atoms with Gasteiger partial charge in [0.05, 0.1) is 0 Å². The van der Waals surface area contributed by atoms with Crippen LogP contribution in [0.4, 0.5) is 0 Å². The molecule has 0 unspecified atom stereocenters. The molecular weight excluding hydrogens is 156 g/mol. The molecule has 1 aromatic heterocycles. The Labute approximate surface area is 70.5 Å². The van der Waals surface area contributed by atoms with Crippen molar-refractivity contribution in [2.45, 2.75) is 0 Å². The highest BCUT2D eigenvalue weighted by molar-refractivity contribution is 5.93. The number of hydrogen-bond acceptors (Lipinski definition) is 2. The van der Waals surface area contributed by atoms with Crippen molar-refractivity contribution in [2.24, 2.45) is 7.05 Å². The predicted molar refractivity (Wildman–Crippen MR) is 40.0 cm³/mol. The second kappa shape index (κ2) is 3.82. The minimum atomic E-state index is -0.586. The maximum absolute atomic E-state index is 11.1. The third-order valence-corrected chi connectivity index (χ3v) is 1.43. The van der Waals surface area contributed by atoms with Gasteiger partial charge in [-0.1, -0.05) is 6.73 Å². The van der Waals surface area contributed by atoms with Gasteiger partial charge in [0.1, 0.15) is 12.6 Å². The van der Waals surface area contributed by atoms with E-state index in [1.807, 2.05) is 13.2 Å². The van der Waals surface area contributed by atoms with Gasteiger partial charge < -0.3 is 10.4 Å². The standard InChI is InChI=1S/C8H10N2O2/c1-10-4-2-3-7(5-10)8(12)9-6-11/h2-5H,6H2,1H3,(H,9,12). The molecule has 0 radical (unpaired) electrons. The van der Waals surface area contributed by atoms with Gasteiger partial charge in [-0.15, -0.1) is 0 Å². The van der Waals surface area contributed by atoms with E-state index in [1.54, 1.807) is 22.9 Å². The molecule has 0 saturated heterocycles. The summed E-state index contributed by atoms with van der Waals surface area (Å²) in [6, 6.07) is 3.41. The Balaban J connectivity index is 2.81. The largest absolute Gasteiger partial charge is 0.839 e. The van der Waals surface area contributed by atoms with Gasteiger partial charge in [-0.25, -0.2) is 4.57 Å². The third kappa shape index (κ3) is 2.03. The van der Waals surface area contributed by atoms with Crippen LogP contribution in [-0.4, -0.2) is 12.6 Å². The Morgan fingerprint density at radius 2 is 2.50 bits per heavy atom. The zero-order valence-electron chi connectivity index (χ0n) is 6.78. The normalized spacial score (nSPS) is 9.50. The Hall–Kier alpha value is -1.42. The first kappa shape index (κ1) is 8.67. The lowest BCUT2D eigenvalue weighted by molar-refractivity contribution is -0.671. The average molecular weight is 166 g/mol. The van der Waals surface area contributed by atoms with E-state index >= 15 is 0 Å². The molecule has 1 heterocycles. The molecule has 0 fully saturated rings. The van der Waals surface area contributed by atoms with Crippen LogP contribution >= 0.6 is 0 Å². The van der Waals surface area contributed by atoms with Gasteiger partial charge in [-0.3, -0.25) is 4.79 Å². The molecular formula is C8H10N2O2. The third-order valence-electron chi connectivity index (χ3n) is 1.43. The van der Waals surface area contributed by atoms with Gasteiger partial charge in [-0.2, -0.15) is 0 Å². The molecule has 0 aliphatic heterocycles. The van der Waals surface area contributed by atoms with Crippen molar-refractivity contribution in [3.05, 3.63) is 30.1 Å². The topological polar surface area (TPSA) is 56.0 Å². The molecule has 0 aliphatic rings. The fourth-order valence-corrected chi connectivity index (χ4v) is 0.890. The Kier molecular flexibility index (Phi) is 2.76. The Bertz CT molecular complexity index is 286. The van der Waals surface area contributed by atoms with Crippen LogP contribution in [0.25, 0.3) is 0 Å². The van der Waals surface area contributed by atoms with E-state index in [0.717, 1.165) is 0 Å². The first-order chi connectivity index (χ1) is 5.74. The summed E-state index contributed by atoms with van der Waals surface area (Å²) in [6.07, 6.45) is 3.47. The zero-order chi connectivity index (χ0) is 8.97. The number of hydrogen-bond donors (Lipinski definition) is 1. The first-order valence-corrected chi connectivity index (χ1v) is 3.55. The van der Waals surface area contributed by atoms with Crippen molar-refractivity contribution >= 4 is 5.91 Å². The monoisotopic (exact) mass is 166 g/mol. The molecule has 0 bridgehead atoms. The summed E-state index contributed by atoms with van der Waals surface area (Å²) in [5, 5.41) is 12.2. The van der Waals surface area contributed by atoms with Crippen LogP contribution in [0, 0.1) is 0 Å². The van der Waals surface area contributed by atoms with Gasteiger partial charge in [0, 0.05) is 6.07 Å². The minimum absolute atomic E-state index is 0.332. The zero-order valence-corrected chi connectivity index (χ0v) is 6.78. The highest BCUT2D eigenvalue weighted by Crippen LogP contribution is 1.92. The van der Waals surface area contributed by atoms with Crippen molar-refractivity contribution in [3.63, 3.8) is 0 Å². The minimum Gasteiger partial charge on any atom is -0.839 e. The SMILES string of the molecule is C[n+]1cccc(C(=O)NC[O-])c1. The number of nitrogens with one attached hydrogen (secondary N) is 1. The van der Waals surface area contributed by atoms with E-state index in [4.69, 9.17) is 0 Å². The van der Waals surface area contributed by atoms with Crippen LogP contribution in [0.2, 0.25) is 0 Å². The van der Waals surface area contributed by atoms with Crippen molar-refractivity contribution < 1.29 is 14.5 Å². The van der Waals surface area contributed by atoms with E-state index in [9.17, 15) is 9.90 Å². The number of carbonyl (C=O) groups excluding carboxylic acids is 1. The Morgan fingerprint density at radius 3 is 3.08 bits per heavy atom. The molecule has 12 heavy (non-hydrogen) atoms. The quantitative estimate of drug-likeness (QED) is 0.432. The van der Waals surface area contributed by atoms with Crippen LogP contribution in [0.15, 0.2) is 24.5 Å². The number of carbonyl (C=O) groups is 1. The van der Waals surface area contributed by atoms with Gasteiger partial charge in [0.15, 0.2) is 12.4 Å². The van der Waals surface area contributed by atoms with E-state index < -0.39 is 6.73 Å². The summed E-state index contributed by atoms with van der Waals surface area (Å²) in [5.41, 5.74) is 0.496. The molecule has 1 amide bonds. The van der Waals surface area contributed by atoms with Crippen molar-refractivity contribution in [3.8, 4) is 0 Å². The summed E-state index contributed by atoms with van der Waals surface area (Å²) in [6.45, 7) is -0.586. The lowest BCUT2D eigenvalue weighted by Crippen LogP contribution is -2.34. The smallest absolute Gasteiger partial charge is 0.256 e. The molecule has 4 heteroatoms. The van der Waals surface area contributed by atoms with Gasteiger partial charge >= 0.3 is 0 Å². The van der Waals surface area contributed by atoms with Crippen LogP contribution < -0.4 is 15.0 Å². The second-order valence-electron chi connectivity index (χ2n) is 2.41. The molecule has 0 aliphatic carbocycles. The lowest BCUT2D eigenvalue weighted by Gasteiger charge is -2.05. The Morgan fingerprint density at radius 1 is 1.75 bits per heavy atom. The number of pyridine rings is 1. The highest BCUT2D eigenvalue weighted by Gasteiger charge is 2.05. The van der Waals surface area contributed by atoms with Crippen molar-refractivity contribution in [1.29, 1.82) is 0 Å². The van der Waals surface area contributed by atoms with Crippen LogP contribution in [0.5, 0.6) is 0 Å². The molecule has 1 N–H and O–H groups in total. The molecule has 0 aromatic carbocycles. The van der Waals surface area contributed by atoms with E-state index in [-0.39, 0.29) is 5.91 Å². The molecule has 0 saturated carbocycles. The summed E-state index contributed by atoms with van der Waals surface area (Å²) in [4.78, 5) is 11.1. The summed E-state index contributed by atoms with van der Waals surface area (Å²) >= 11 is 0. The lowest BCUT2D eigenvalue weighted by atomic mass is 10.3. The fourth-order valence-electron chi connectivity index (χ4n) is 0.890. The number of aryl methyl sites for hydroxylation is 1. The van der Waals surface area contributed by atoms with Gasteiger partial charge in [0.2, 0.25) is 0 Å². The molecule has 1 rings (SSSR count). The molecule has 0 atom stereocenters. The van der Waals surface area contributed by atoms with Gasteiger partial charge in [-0.05, 0) is 6.07 Å². The molecule has 64 valence electrons. The van der Waals surface area contributed by atoms with E-state index in [0.29, 0.717) is 5.56 Å². The predicted octanol–water partition coefficient (Wildman–Crippen LogP) is -1.44. The molecule has 1 aromatic rings. The average Bonchev–Trinajstić information content (AvgIpc) is 2.05. The number of aromatic nitrogens is 1. The number of rotatable bonds is 2.